The van der Waals surface area contributed by atoms with E-state index < -0.39 is 0 Å². The second-order valence-corrected chi connectivity index (χ2v) is 5.13. The highest BCUT2D eigenvalue weighted by Gasteiger charge is 2.15. The highest BCUT2D eigenvalue weighted by atomic mass is 35.5. The number of nitrogens with one attached hydrogen (secondary N) is 1. The van der Waals surface area contributed by atoms with Crippen LogP contribution in [0.25, 0.3) is 0 Å². The lowest BCUT2D eigenvalue weighted by atomic mass is 9.95. The van der Waals surface area contributed by atoms with Gasteiger partial charge in [-0.3, -0.25) is 4.79 Å². The van der Waals surface area contributed by atoms with E-state index in [1.165, 1.54) is 11.1 Å². The maximum Gasteiger partial charge on any atom is 0.194 e. The number of ketones is 1. The molecule has 0 spiro atoms. The number of hydrogen-bond acceptors (Lipinski definition) is 2. The second-order valence-electron chi connectivity index (χ2n) is 4.72. The number of carbonyl (C=O) groups is 1. The zero-order valence-electron chi connectivity index (χ0n) is 10.4. The van der Waals surface area contributed by atoms with Crippen LogP contribution in [0.2, 0.25) is 5.02 Å². The van der Waals surface area contributed by atoms with E-state index in [-0.39, 0.29) is 5.78 Å². The van der Waals surface area contributed by atoms with E-state index in [0.717, 1.165) is 19.5 Å². The molecule has 0 fully saturated rings. The summed E-state index contributed by atoms with van der Waals surface area (Å²) in [6, 6.07) is 13.1. The molecule has 0 bridgehead atoms. The molecule has 1 aliphatic rings. The molecule has 3 heteroatoms. The number of halogens is 1. The lowest BCUT2D eigenvalue weighted by Gasteiger charge is -2.17. The molecule has 2 aromatic rings. The topological polar surface area (TPSA) is 29.1 Å². The van der Waals surface area contributed by atoms with Gasteiger partial charge < -0.3 is 5.32 Å². The average Bonchev–Trinajstić information content (AvgIpc) is 2.46. The van der Waals surface area contributed by atoms with Gasteiger partial charge in [-0.05, 0) is 42.3 Å². The zero-order valence-corrected chi connectivity index (χ0v) is 11.2. The molecule has 3 rings (SSSR count). The highest BCUT2D eigenvalue weighted by molar-refractivity contribution is 6.34. The molecule has 0 saturated carbocycles. The Morgan fingerprint density at radius 3 is 2.79 bits per heavy atom. The predicted octanol–water partition coefficient (Wildman–Crippen LogP) is 3.22. The maximum absolute atomic E-state index is 12.4. The van der Waals surface area contributed by atoms with Crippen LogP contribution in [0.5, 0.6) is 0 Å². The molecule has 0 atom stereocenters. The lowest BCUT2D eigenvalue weighted by Crippen LogP contribution is -2.23. The Kier molecular flexibility index (Phi) is 3.36. The van der Waals surface area contributed by atoms with Gasteiger partial charge in [0.1, 0.15) is 0 Å². The molecular weight excluding hydrogens is 258 g/mol. The Balaban J connectivity index is 1.98. The molecule has 0 aromatic heterocycles. The van der Waals surface area contributed by atoms with Gasteiger partial charge in [-0.1, -0.05) is 35.9 Å². The minimum absolute atomic E-state index is 0.0148. The van der Waals surface area contributed by atoms with E-state index >= 15 is 0 Å². The summed E-state index contributed by atoms with van der Waals surface area (Å²) in [5.41, 5.74) is 3.81. The van der Waals surface area contributed by atoms with E-state index in [1.807, 2.05) is 24.3 Å². The van der Waals surface area contributed by atoms with Gasteiger partial charge in [0, 0.05) is 17.7 Å². The average molecular weight is 272 g/mol. The minimum Gasteiger partial charge on any atom is -0.312 e. The Bertz CT molecular complexity index is 636. The third-order valence-electron chi connectivity index (χ3n) is 3.47. The van der Waals surface area contributed by atoms with Crippen molar-refractivity contribution >= 4 is 17.4 Å². The van der Waals surface area contributed by atoms with Gasteiger partial charge in [-0.2, -0.15) is 0 Å². The first kappa shape index (κ1) is 12.4. The third kappa shape index (κ3) is 2.42. The number of benzene rings is 2. The van der Waals surface area contributed by atoms with Crippen molar-refractivity contribution in [3.63, 3.8) is 0 Å². The van der Waals surface area contributed by atoms with Crippen LogP contribution in [0.3, 0.4) is 0 Å². The van der Waals surface area contributed by atoms with E-state index in [1.54, 1.807) is 12.1 Å². The summed E-state index contributed by atoms with van der Waals surface area (Å²) >= 11 is 6.08. The normalized spacial score (nSPS) is 13.9. The fraction of sp³-hybridized carbons (Fsp3) is 0.188. The SMILES string of the molecule is O=C(c1ccc2c(c1)CNCC2)c1ccccc1Cl. The quantitative estimate of drug-likeness (QED) is 0.850. The number of carbonyl (C=O) groups excluding carboxylic acids is 1. The van der Waals surface area contributed by atoms with Crippen LogP contribution in [0.4, 0.5) is 0 Å². The summed E-state index contributed by atoms with van der Waals surface area (Å²) in [5, 5.41) is 3.82. The van der Waals surface area contributed by atoms with E-state index in [2.05, 4.69) is 11.4 Å². The summed E-state index contributed by atoms with van der Waals surface area (Å²) in [6.45, 7) is 1.84. The van der Waals surface area contributed by atoms with Crippen LogP contribution < -0.4 is 5.32 Å². The van der Waals surface area contributed by atoms with Crippen molar-refractivity contribution in [3.05, 3.63) is 69.7 Å². The minimum atomic E-state index is -0.0148. The van der Waals surface area contributed by atoms with E-state index in [9.17, 15) is 4.79 Å². The molecule has 1 N–H and O–H groups in total. The molecule has 19 heavy (non-hydrogen) atoms. The fourth-order valence-electron chi connectivity index (χ4n) is 2.42. The highest BCUT2D eigenvalue weighted by Crippen LogP contribution is 2.22. The molecule has 2 nitrogen and oxygen atoms in total. The largest absolute Gasteiger partial charge is 0.312 e. The Labute approximate surface area is 117 Å². The summed E-state index contributed by atoms with van der Waals surface area (Å²) in [7, 11) is 0. The molecule has 1 aliphatic heterocycles. The standard InChI is InChI=1S/C16H14ClNO/c17-15-4-2-1-3-14(15)16(19)12-6-5-11-7-8-18-10-13(11)9-12/h1-6,9,18H,7-8,10H2. The smallest absolute Gasteiger partial charge is 0.194 e. The van der Waals surface area contributed by atoms with Crippen molar-refractivity contribution in [2.75, 3.05) is 6.54 Å². The molecular formula is C16H14ClNO. The predicted molar refractivity (Wildman–Crippen MR) is 76.7 cm³/mol. The molecule has 96 valence electrons. The van der Waals surface area contributed by atoms with Gasteiger partial charge in [0.25, 0.3) is 0 Å². The maximum atomic E-state index is 12.4. The summed E-state index contributed by atoms with van der Waals surface area (Å²) < 4.78 is 0. The van der Waals surface area contributed by atoms with Crippen LogP contribution in [0, 0.1) is 0 Å². The van der Waals surface area contributed by atoms with Gasteiger partial charge in [-0.25, -0.2) is 0 Å². The van der Waals surface area contributed by atoms with Crippen molar-refractivity contribution < 1.29 is 4.79 Å². The fourth-order valence-corrected chi connectivity index (χ4v) is 2.64. The first-order valence-electron chi connectivity index (χ1n) is 6.37. The molecule has 0 aliphatic carbocycles. The van der Waals surface area contributed by atoms with Crippen LogP contribution >= 0.6 is 11.6 Å². The summed E-state index contributed by atoms with van der Waals surface area (Å²) in [5.74, 6) is -0.0148. The van der Waals surface area contributed by atoms with Gasteiger partial charge in [0.05, 0.1) is 5.02 Å². The van der Waals surface area contributed by atoms with Crippen LogP contribution in [0.15, 0.2) is 42.5 Å². The van der Waals surface area contributed by atoms with Crippen molar-refractivity contribution in [1.82, 2.24) is 5.32 Å². The van der Waals surface area contributed by atoms with Crippen molar-refractivity contribution in [1.29, 1.82) is 0 Å². The van der Waals surface area contributed by atoms with E-state index in [4.69, 9.17) is 11.6 Å². The molecule has 0 amide bonds. The number of fused-ring (bicyclic) bond motifs is 1. The number of hydrogen-bond donors (Lipinski definition) is 1. The van der Waals surface area contributed by atoms with Crippen LogP contribution in [-0.4, -0.2) is 12.3 Å². The second kappa shape index (κ2) is 5.16. The van der Waals surface area contributed by atoms with Crippen LogP contribution in [0.1, 0.15) is 27.0 Å². The Morgan fingerprint density at radius 2 is 1.95 bits per heavy atom. The lowest BCUT2D eigenvalue weighted by molar-refractivity contribution is 0.103. The molecule has 0 saturated heterocycles. The van der Waals surface area contributed by atoms with Crippen molar-refractivity contribution in [3.8, 4) is 0 Å². The Hall–Kier alpha value is -1.64. The van der Waals surface area contributed by atoms with E-state index in [0.29, 0.717) is 16.1 Å². The third-order valence-corrected chi connectivity index (χ3v) is 3.80. The number of rotatable bonds is 2. The molecule has 0 unspecified atom stereocenters. The summed E-state index contributed by atoms with van der Waals surface area (Å²) in [6.07, 6.45) is 1.02. The van der Waals surface area contributed by atoms with Gasteiger partial charge in [0.15, 0.2) is 5.78 Å². The zero-order chi connectivity index (χ0) is 13.2. The molecule has 0 radical (unpaired) electrons. The van der Waals surface area contributed by atoms with Crippen molar-refractivity contribution in [2.45, 2.75) is 13.0 Å². The van der Waals surface area contributed by atoms with Crippen LogP contribution in [-0.2, 0) is 13.0 Å². The molecule has 1 heterocycles. The summed E-state index contributed by atoms with van der Waals surface area (Å²) in [4.78, 5) is 12.4. The van der Waals surface area contributed by atoms with Gasteiger partial charge in [0.2, 0.25) is 0 Å². The monoisotopic (exact) mass is 271 g/mol. The first-order valence-corrected chi connectivity index (χ1v) is 6.75. The molecule has 2 aromatic carbocycles. The first-order chi connectivity index (χ1) is 9.25. The van der Waals surface area contributed by atoms with Gasteiger partial charge >= 0.3 is 0 Å². The van der Waals surface area contributed by atoms with Crippen molar-refractivity contribution in [2.24, 2.45) is 0 Å². The van der Waals surface area contributed by atoms with Gasteiger partial charge in [-0.15, -0.1) is 0 Å². The Morgan fingerprint density at radius 1 is 1.11 bits per heavy atom.